The highest BCUT2D eigenvalue weighted by atomic mass is 19.2. The molecule has 0 fully saturated rings. The van der Waals surface area contributed by atoms with Gasteiger partial charge in [-0.15, -0.1) is 0 Å². The van der Waals surface area contributed by atoms with Crippen LogP contribution < -0.4 is 10.1 Å². The fourth-order valence-electron chi connectivity index (χ4n) is 1.43. The van der Waals surface area contributed by atoms with Crippen molar-refractivity contribution in [1.29, 1.82) is 0 Å². The van der Waals surface area contributed by atoms with Crippen LogP contribution in [0.2, 0.25) is 0 Å². The summed E-state index contributed by atoms with van der Waals surface area (Å²) in [6.07, 6.45) is -0.255. The minimum absolute atomic E-state index is 0.0337. The number of carbonyl (C=O) groups is 1. The molecule has 21 heavy (non-hydrogen) atoms. The van der Waals surface area contributed by atoms with Crippen LogP contribution in [0.25, 0.3) is 0 Å². The van der Waals surface area contributed by atoms with Gasteiger partial charge in [-0.3, -0.25) is 4.79 Å². The predicted octanol–water partition coefficient (Wildman–Crippen LogP) is 2.26. The van der Waals surface area contributed by atoms with Crippen molar-refractivity contribution in [3.05, 3.63) is 29.8 Å². The van der Waals surface area contributed by atoms with Gasteiger partial charge in [-0.1, -0.05) is 20.8 Å². The van der Waals surface area contributed by atoms with Crippen LogP contribution in [0, 0.1) is 17.0 Å². The van der Waals surface area contributed by atoms with E-state index in [0.717, 1.165) is 12.1 Å². The molecular formula is C15H21F2NO3. The molecule has 0 bridgehead atoms. The molecule has 0 heterocycles. The van der Waals surface area contributed by atoms with E-state index in [-0.39, 0.29) is 24.8 Å². The molecule has 1 aromatic carbocycles. The molecular weight excluding hydrogens is 280 g/mol. The van der Waals surface area contributed by atoms with Crippen molar-refractivity contribution in [3.8, 4) is 5.75 Å². The highest BCUT2D eigenvalue weighted by molar-refractivity contribution is 5.81. The fraction of sp³-hybridized carbons (Fsp3) is 0.533. The molecule has 1 unspecified atom stereocenters. The third kappa shape index (κ3) is 5.30. The van der Waals surface area contributed by atoms with Crippen molar-refractivity contribution >= 4 is 5.91 Å². The lowest BCUT2D eigenvalue weighted by molar-refractivity contribution is -0.130. The monoisotopic (exact) mass is 301 g/mol. The molecule has 0 aromatic heterocycles. The Balaban J connectivity index is 2.39. The molecule has 4 nitrogen and oxygen atoms in total. The van der Waals surface area contributed by atoms with Crippen LogP contribution >= 0.6 is 0 Å². The Morgan fingerprint density at radius 2 is 2.05 bits per heavy atom. The van der Waals surface area contributed by atoms with Crippen LogP contribution in [-0.4, -0.2) is 30.3 Å². The van der Waals surface area contributed by atoms with Crippen molar-refractivity contribution in [3.63, 3.8) is 0 Å². The Hall–Kier alpha value is -1.69. The van der Waals surface area contributed by atoms with Gasteiger partial charge in [0.2, 0.25) is 5.91 Å². The summed E-state index contributed by atoms with van der Waals surface area (Å²) in [6.45, 7) is 5.44. The van der Waals surface area contributed by atoms with Crippen molar-refractivity contribution in [1.82, 2.24) is 5.32 Å². The van der Waals surface area contributed by atoms with Gasteiger partial charge in [0.25, 0.3) is 0 Å². The lowest BCUT2D eigenvalue weighted by Crippen LogP contribution is -2.41. The Morgan fingerprint density at radius 3 is 2.62 bits per heavy atom. The van der Waals surface area contributed by atoms with Crippen LogP contribution in [-0.2, 0) is 4.79 Å². The van der Waals surface area contributed by atoms with Crippen LogP contribution in [0.1, 0.15) is 27.2 Å². The molecule has 0 radical (unpaired) electrons. The second-order valence-electron chi connectivity index (χ2n) is 5.49. The maximum Gasteiger partial charge on any atom is 0.225 e. The number of aliphatic hydroxyl groups is 1. The van der Waals surface area contributed by atoms with E-state index in [9.17, 15) is 18.7 Å². The first kappa shape index (κ1) is 17.4. The number of rotatable bonds is 7. The van der Waals surface area contributed by atoms with E-state index in [1.54, 1.807) is 0 Å². The highest BCUT2D eigenvalue weighted by Gasteiger charge is 2.25. The third-order valence-electron chi connectivity index (χ3n) is 3.33. The molecule has 2 N–H and O–H groups in total. The first-order valence-corrected chi connectivity index (χ1v) is 6.80. The van der Waals surface area contributed by atoms with Crippen molar-refractivity contribution in [2.45, 2.75) is 33.3 Å². The van der Waals surface area contributed by atoms with Gasteiger partial charge in [0.1, 0.15) is 18.5 Å². The smallest absolute Gasteiger partial charge is 0.225 e. The first-order valence-electron chi connectivity index (χ1n) is 6.80. The summed E-state index contributed by atoms with van der Waals surface area (Å²) in [5.41, 5.74) is -0.499. The molecule has 1 amide bonds. The van der Waals surface area contributed by atoms with E-state index in [4.69, 9.17) is 4.74 Å². The van der Waals surface area contributed by atoms with Gasteiger partial charge in [-0.05, 0) is 18.6 Å². The highest BCUT2D eigenvalue weighted by Crippen LogP contribution is 2.19. The number of carbonyl (C=O) groups excluding carboxylic acids is 1. The molecule has 0 saturated carbocycles. The van der Waals surface area contributed by atoms with Crippen LogP contribution in [0.5, 0.6) is 5.75 Å². The number of ether oxygens (including phenoxy) is 1. The predicted molar refractivity (Wildman–Crippen MR) is 74.9 cm³/mol. The average Bonchev–Trinajstić information content (AvgIpc) is 2.45. The molecule has 0 spiro atoms. The van der Waals surface area contributed by atoms with E-state index < -0.39 is 23.2 Å². The summed E-state index contributed by atoms with van der Waals surface area (Å²) in [5.74, 6) is -2.01. The zero-order valence-corrected chi connectivity index (χ0v) is 12.5. The van der Waals surface area contributed by atoms with E-state index in [1.807, 2.05) is 20.8 Å². The number of amides is 1. The summed E-state index contributed by atoms with van der Waals surface area (Å²) in [6, 6.07) is 3.12. The maximum atomic E-state index is 13.0. The van der Waals surface area contributed by atoms with Gasteiger partial charge in [0, 0.05) is 18.0 Å². The molecule has 0 aliphatic rings. The molecule has 118 valence electrons. The molecule has 0 aliphatic carbocycles. The van der Waals surface area contributed by atoms with E-state index in [2.05, 4.69) is 5.32 Å². The Kier molecular flexibility index (Phi) is 6.08. The van der Waals surface area contributed by atoms with Gasteiger partial charge in [0.05, 0.1) is 0 Å². The number of hydrogen-bond acceptors (Lipinski definition) is 3. The summed E-state index contributed by atoms with van der Waals surface area (Å²) in [5, 5.41) is 12.3. The van der Waals surface area contributed by atoms with Gasteiger partial charge in [0.15, 0.2) is 11.6 Å². The molecule has 0 saturated heterocycles. The lowest BCUT2D eigenvalue weighted by atomic mass is 9.89. The largest absolute Gasteiger partial charge is 0.491 e. The van der Waals surface area contributed by atoms with Gasteiger partial charge in [-0.25, -0.2) is 8.78 Å². The quantitative estimate of drug-likeness (QED) is 0.812. The lowest BCUT2D eigenvalue weighted by Gasteiger charge is -2.22. The number of aliphatic hydroxyl groups excluding tert-OH is 1. The van der Waals surface area contributed by atoms with E-state index >= 15 is 0 Å². The second-order valence-corrected chi connectivity index (χ2v) is 5.49. The SMILES string of the molecule is CCC(C)(C)C(=O)NCC(O)COc1ccc(F)c(F)c1. The summed E-state index contributed by atoms with van der Waals surface area (Å²) in [7, 11) is 0. The van der Waals surface area contributed by atoms with Gasteiger partial charge >= 0.3 is 0 Å². The normalized spacial score (nSPS) is 12.9. The molecule has 0 aliphatic heterocycles. The minimum Gasteiger partial charge on any atom is -0.491 e. The molecule has 1 atom stereocenters. The van der Waals surface area contributed by atoms with Crippen molar-refractivity contribution in [2.75, 3.05) is 13.2 Å². The fourth-order valence-corrected chi connectivity index (χ4v) is 1.43. The minimum atomic E-state index is -1.01. The summed E-state index contributed by atoms with van der Waals surface area (Å²) in [4.78, 5) is 11.8. The number of hydrogen-bond donors (Lipinski definition) is 2. The zero-order valence-electron chi connectivity index (χ0n) is 12.5. The second kappa shape index (κ2) is 7.36. The topological polar surface area (TPSA) is 58.6 Å². The zero-order chi connectivity index (χ0) is 16.0. The van der Waals surface area contributed by atoms with Crippen molar-refractivity contribution in [2.24, 2.45) is 5.41 Å². The Morgan fingerprint density at radius 1 is 1.38 bits per heavy atom. The van der Waals surface area contributed by atoms with E-state index in [1.165, 1.54) is 6.07 Å². The molecule has 1 aromatic rings. The van der Waals surface area contributed by atoms with Gasteiger partial charge in [-0.2, -0.15) is 0 Å². The number of benzene rings is 1. The van der Waals surface area contributed by atoms with Crippen LogP contribution in [0.3, 0.4) is 0 Å². The summed E-state index contributed by atoms with van der Waals surface area (Å²) < 4.78 is 30.8. The molecule has 6 heteroatoms. The Bertz CT molecular complexity index is 492. The average molecular weight is 301 g/mol. The molecule has 1 rings (SSSR count). The number of nitrogens with one attached hydrogen (secondary N) is 1. The van der Waals surface area contributed by atoms with Crippen LogP contribution in [0.4, 0.5) is 8.78 Å². The van der Waals surface area contributed by atoms with Gasteiger partial charge < -0.3 is 15.2 Å². The Labute approximate surface area is 123 Å². The third-order valence-corrected chi connectivity index (χ3v) is 3.33. The maximum absolute atomic E-state index is 13.0. The number of halogens is 2. The van der Waals surface area contributed by atoms with Crippen molar-refractivity contribution < 1.29 is 23.4 Å². The first-order chi connectivity index (χ1) is 9.76. The van der Waals surface area contributed by atoms with E-state index in [0.29, 0.717) is 6.42 Å². The summed E-state index contributed by atoms with van der Waals surface area (Å²) >= 11 is 0. The standard InChI is InChI=1S/C15H21F2NO3/c1-4-15(2,3)14(20)18-8-10(19)9-21-11-5-6-12(16)13(17)7-11/h5-7,10,19H,4,8-9H2,1-3H3,(H,18,20). The van der Waals surface area contributed by atoms with Crippen LogP contribution in [0.15, 0.2) is 18.2 Å².